The van der Waals surface area contributed by atoms with Gasteiger partial charge in [0.05, 0.1) is 17.5 Å². The molecule has 1 aromatic heterocycles. The first kappa shape index (κ1) is 11.5. The van der Waals surface area contributed by atoms with Crippen LogP contribution in [0.5, 0.6) is 0 Å². The van der Waals surface area contributed by atoms with Crippen LogP contribution in [0.2, 0.25) is 0 Å². The lowest BCUT2D eigenvalue weighted by atomic mass is 10.0. The molecule has 6 nitrogen and oxygen atoms in total. The van der Waals surface area contributed by atoms with Crippen molar-refractivity contribution < 1.29 is 12.9 Å². The van der Waals surface area contributed by atoms with Crippen LogP contribution in [0.4, 0.5) is 0 Å². The van der Waals surface area contributed by atoms with E-state index in [4.69, 9.17) is 10.3 Å². The fourth-order valence-corrected chi connectivity index (χ4v) is 3.23. The molecule has 1 saturated heterocycles. The molecule has 0 amide bonds. The molecule has 2 rings (SSSR count). The molecule has 0 spiro atoms. The minimum Gasteiger partial charge on any atom is -0.339 e. The maximum absolute atomic E-state index is 11.3. The Labute approximate surface area is 94.1 Å². The molecular formula is C9H15N3O3S. The maximum atomic E-state index is 11.3. The minimum absolute atomic E-state index is 0.0588. The molecule has 1 atom stereocenters. The van der Waals surface area contributed by atoms with Crippen molar-refractivity contribution in [3.8, 4) is 0 Å². The first-order chi connectivity index (χ1) is 7.48. The van der Waals surface area contributed by atoms with Gasteiger partial charge in [-0.05, 0) is 19.8 Å². The Morgan fingerprint density at radius 2 is 2.06 bits per heavy atom. The summed E-state index contributed by atoms with van der Waals surface area (Å²) < 4.78 is 27.6. The van der Waals surface area contributed by atoms with Crippen molar-refractivity contribution in [2.45, 2.75) is 31.7 Å². The van der Waals surface area contributed by atoms with Crippen LogP contribution >= 0.6 is 0 Å². The normalized spacial score (nSPS) is 23.1. The van der Waals surface area contributed by atoms with Gasteiger partial charge in [0.15, 0.2) is 5.82 Å². The van der Waals surface area contributed by atoms with Crippen LogP contribution in [-0.4, -0.2) is 30.1 Å². The number of rotatable bonds is 2. The van der Waals surface area contributed by atoms with Crippen LogP contribution < -0.4 is 5.73 Å². The molecule has 1 unspecified atom stereocenters. The van der Waals surface area contributed by atoms with Crippen LogP contribution in [0.25, 0.3) is 0 Å². The molecule has 16 heavy (non-hydrogen) atoms. The summed E-state index contributed by atoms with van der Waals surface area (Å²) in [6.45, 7) is 1.78. The van der Waals surface area contributed by atoms with E-state index in [1.807, 2.05) is 0 Å². The Morgan fingerprint density at radius 1 is 1.44 bits per heavy atom. The van der Waals surface area contributed by atoms with Gasteiger partial charge in [0.25, 0.3) is 0 Å². The van der Waals surface area contributed by atoms with Gasteiger partial charge < -0.3 is 10.3 Å². The summed E-state index contributed by atoms with van der Waals surface area (Å²) in [5.74, 6) is 1.45. The molecule has 90 valence electrons. The highest BCUT2D eigenvalue weighted by Gasteiger charge is 2.28. The van der Waals surface area contributed by atoms with E-state index >= 15 is 0 Å². The molecule has 7 heteroatoms. The van der Waals surface area contributed by atoms with Crippen molar-refractivity contribution in [2.75, 3.05) is 11.5 Å². The van der Waals surface area contributed by atoms with E-state index in [1.165, 1.54) is 0 Å². The second-order valence-corrected chi connectivity index (χ2v) is 6.51. The predicted octanol–water partition coefficient (Wildman–Crippen LogP) is 0.382. The van der Waals surface area contributed by atoms with Crippen LogP contribution in [0, 0.1) is 0 Å². The van der Waals surface area contributed by atoms with Crippen LogP contribution in [0.3, 0.4) is 0 Å². The Balaban J connectivity index is 2.08. The zero-order valence-electron chi connectivity index (χ0n) is 9.09. The van der Waals surface area contributed by atoms with Gasteiger partial charge in [-0.2, -0.15) is 4.98 Å². The molecule has 1 aromatic rings. The highest BCUT2D eigenvalue weighted by Crippen LogP contribution is 2.28. The smallest absolute Gasteiger partial charge is 0.229 e. The lowest BCUT2D eigenvalue weighted by molar-refractivity contribution is 0.339. The third-order valence-corrected chi connectivity index (χ3v) is 4.48. The topological polar surface area (TPSA) is 99.1 Å². The Bertz CT molecular complexity index is 452. The van der Waals surface area contributed by atoms with Crippen LogP contribution in [0.1, 0.15) is 43.4 Å². The van der Waals surface area contributed by atoms with Crippen molar-refractivity contribution in [1.82, 2.24) is 10.1 Å². The summed E-state index contributed by atoms with van der Waals surface area (Å²) in [5.41, 5.74) is 5.62. The fraction of sp³-hybridized carbons (Fsp3) is 0.778. The molecule has 1 fully saturated rings. The Morgan fingerprint density at radius 3 is 2.56 bits per heavy atom. The van der Waals surface area contributed by atoms with E-state index in [0.717, 1.165) is 0 Å². The fourth-order valence-electron chi connectivity index (χ4n) is 1.74. The highest BCUT2D eigenvalue weighted by molar-refractivity contribution is 7.91. The average molecular weight is 245 g/mol. The number of nitrogens with two attached hydrogens (primary N) is 1. The Kier molecular flexibility index (Phi) is 2.98. The van der Waals surface area contributed by atoms with Gasteiger partial charge in [0.2, 0.25) is 5.89 Å². The largest absolute Gasteiger partial charge is 0.339 e. The van der Waals surface area contributed by atoms with E-state index in [2.05, 4.69) is 10.1 Å². The van der Waals surface area contributed by atoms with Crippen molar-refractivity contribution in [1.29, 1.82) is 0 Å². The molecule has 0 radical (unpaired) electrons. The lowest BCUT2D eigenvalue weighted by Gasteiger charge is -2.17. The second kappa shape index (κ2) is 4.14. The molecule has 0 saturated carbocycles. The molecular weight excluding hydrogens is 230 g/mol. The Hall–Kier alpha value is -0.950. The monoisotopic (exact) mass is 245 g/mol. The summed E-state index contributed by atoms with van der Waals surface area (Å²) in [6, 6.07) is -0.259. The summed E-state index contributed by atoms with van der Waals surface area (Å²) in [5, 5.41) is 3.77. The molecule has 1 aliphatic rings. The maximum Gasteiger partial charge on any atom is 0.229 e. The second-order valence-electron chi connectivity index (χ2n) is 4.21. The standard InChI is InChI=1S/C9H15N3O3S/c1-6(10)8-11-9(15-12-8)7-2-4-16(13,14)5-3-7/h6-7H,2-5,10H2,1H3. The molecule has 0 aromatic carbocycles. The summed E-state index contributed by atoms with van der Waals surface area (Å²) in [4.78, 5) is 4.18. The molecule has 1 aliphatic heterocycles. The minimum atomic E-state index is -2.85. The van der Waals surface area contributed by atoms with Crippen LogP contribution in [0.15, 0.2) is 4.52 Å². The van der Waals surface area contributed by atoms with Crippen LogP contribution in [-0.2, 0) is 9.84 Å². The molecule has 0 bridgehead atoms. The first-order valence-electron chi connectivity index (χ1n) is 5.27. The van der Waals surface area contributed by atoms with E-state index in [9.17, 15) is 8.42 Å². The van der Waals surface area contributed by atoms with E-state index < -0.39 is 9.84 Å². The quantitative estimate of drug-likeness (QED) is 0.808. The average Bonchev–Trinajstić information content (AvgIpc) is 2.66. The number of nitrogens with zero attached hydrogens (tertiary/aromatic N) is 2. The van der Waals surface area contributed by atoms with Gasteiger partial charge in [-0.1, -0.05) is 5.16 Å². The number of sulfone groups is 1. The van der Waals surface area contributed by atoms with Gasteiger partial charge in [0, 0.05) is 5.92 Å². The van der Waals surface area contributed by atoms with E-state index in [-0.39, 0.29) is 23.5 Å². The number of hydrogen-bond donors (Lipinski definition) is 1. The lowest BCUT2D eigenvalue weighted by Crippen LogP contribution is -2.22. The summed E-state index contributed by atoms with van der Waals surface area (Å²) >= 11 is 0. The third kappa shape index (κ3) is 2.41. The number of aromatic nitrogens is 2. The SMILES string of the molecule is CC(N)c1noc(C2CCS(=O)(=O)CC2)n1. The predicted molar refractivity (Wildman–Crippen MR) is 57.5 cm³/mol. The van der Waals surface area contributed by atoms with Gasteiger partial charge >= 0.3 is 0 Å². The molecule has 2 heterocycles. The van der Waals surface area contributed by atoms with Crippen molar-refractivity contribution in [3.05, 3.63) is 11.7 Å². The van der Waals surface area contributed by atoms with E-state index in [1.54, 1.807) is 6.92 Å². The van der Waals surface area contributed by atoms with Gasteiger partial charge in [-0.25, -0.2) is 8.42 Å². The van der Waals surface area contributed by atoms with E-state index in [0.29, 0.717) is 24.6 Å². The third-order valence-electron chi connectivity index (χ3n) is 2.77. The number of hydrogen-bond acceptors (Lipinski definition) is 6. The molecule has 0 aliphatic carbocycles. The van der Waals surface area contributed by atoms with Crippen molar-refractivity contribution >= 4 is 9.84 Å². The van der Waals surface area contributed by atoms with Crippen molar-refractivity contribution in [3.63, 3.8) is 0 Å². The van der Waals surface area contributed by atoms with Gasteiger partial charge in [-0.3, -0.25) is 0 Å². The summed E-state index contributed by atoms with van der Waals surface area (Å²) in [6.07, 6.45) is 1.12. The molecule has 2 N–H and O–H groups in total. The van der Waals surface area contributed by atoms with Crippen molar-refractivity contribution in [2.24, 2.45) is 5.73 Å². The first-order valence-corrected chi connectivity index (χ1v) is 7.09. The van der Waals surface area contributed by atoms with Gasteiger partial charge in [0.1, 0.15) is 9.84 Å². The van der Waals surface area contributed by atoms with Gasteiger partial charge in [-0.15, -0.1) is 0 Å². The highest BCUT2D eigenvalue weighted by atomic mass is 32.2. The zero-order valence-corrected chi connectivity index (χ0v) is 9.90. The summed E-state index contributed by atoms with van der Waals surface area (Å²) in [7, 11) is -2.85. The zero-order chi connectivity index (χ0) is 11.8.